The Morgan fingerprint density at radius 1 is 0.905 bits per heavy atom. The summed E-state index contributed by atoms with van der Waals surface area (Å²) in [5.74, 6) is 0.372. The zero-order chi connectivity index (χ0) is 16.3. The summed E-state index contributed by atoms with van der Waals surface area (Å²) in [6, 6.07) is 0. The fraction of sp³-hybridized carbons (Fsp3) is 1.00. The molecule has 0 aromatic heterocycles. The number of phosphoric acid groups is 1. The van der Waals surface area contributed by atoms with Crippen LogP contribution in [-0.4, -0.2) is 15.9 Å². The van der Waals surface area contributed by atoms with E-state index in [-0.39, 0.29) is 17.9 Å². The van der Waals surface area contributed by atoms with E-state index in [9.17, 15) is 4.57 Å². The number of rotatable bonds is 13. The SMILES string of the molecule is CCCCCCC(CCCCC)C(OP(=O)(O)O)C(C)C. The Kier molecular flexibility index (Phi) is 11.7. The Labute approximate surface area is 130 Å². The Bertz CT molecular complexity index is 288. The molecule has 0 saturated heterocycles. The van der Waals surface area contributed by atoms with Gasteiger partial charge in [0, 0.05) is 0 Å². The molecular weight excluding hydrogens is 287 g/mol. The van der Waals surface area contributed by atoms with Crippen molar-refractivity contribution >= 4 is 7.82 Å². The van der Waals surface area contributed by atoms with Gasteiger partial charge in [0.05, 0.1) is 6.10 Å². The minimum atomic E-state index is -4.41. The highest BCUT2D eigenvalue weighted by atomic mass is 31.2. The molecule has 4 nitrogen and oxygen atoms in total. The molecule has 0 amide bonds. The maximum Gasteiger partial charge on any atom is 0.469 e. The van der Waals surface area contributed by atoms with Gasteiger partial charge in [-0.3, -0.25) is 4.52 Å². The molecule has 0 spiro atoms. The van der Waals surface area contributed by atoms with E-state index in [1.165, 1.54) is 25.7 Å². The maximum absolute atomic E-state index is 11.2. The van der Waals surface area contributed by atoms with E-state index in [0.29, 0.717) is 0 Å². The molecule has 0 aliphatic carbocycles. The van der Waals surface area contributed by atoms with Crippen LogP contribution < -0.4 is 0 Å². The van der Waals surface area contributed by atoms with Gasteiger partial charge in [0.15, 0.2) is 0 Å². The minimum Gasteiger partial charge on any atom is -0.303 e. The van der Waals surface area contributed by atoms with Crippen molar-refractivity contribution in [3.8, 4) is 0 Å². The van der Waals surface area contributed by atoms with Crippen molar-refractivity contribution in [2.75, 3.05) is 0 Å². The third-order valence-corrected chi connectivity index (χ3v) is 4.51. The molecule has 128 valence electrons. The topological polar surface area (TPSA) is 66.8 Å². The van der Waals surface area contributed by atoms with E-state index in [1.54, 1.807) is 0 Å². The van der Waals surface area contributed by atoms with E-state index in [2.05, 4.69) is 13.8 Å². The number of hydrogen-bond donors (Lipinski definition) is 2. The molecule has 2 N–H and O–H groups in total. The normalized spacial score (nSPS) is 15.4. The summed E-state index contributed by atoms with van der Waals surface area (Å²) >= 11 is 0. The molecule has 0 aliphatic heterocycles. The van der Waals surface area contributed by atoms with Gasteiger partial charge in [0.25, 0.3) is 0 Å². The summed E-state index contributed by atoms with van der Waals surface area (Å²) in [7, 11) is -4.41. The molecule has 0 saturated carbocycles. The van der Waals surface area contributed by atoms with Crippen LogP contribution >= 0.6 is 7.82 Å². The summed E-state index contributed by atoms with van der Waals surface area (Å²) in [5, 5.41) is 0. The summed E-state index contributed by atoms with van der Waals surface area (Å²) in [5.41, 5.74) is 0. The van der Waals surface area contributed by atoms with E-state index in [4.69, 9.17) is 14.3 Å². The third-order valence-electron chi connectivity index (χ3n) is 3.99. The van der Waals surface area contributed by atoms with Crippen molar-refractivity contribution in [2.24, 2.45) is 11.8 Å². The van der Waals surface area contributed by atoms with Gasteiger partial charge in [-0.05, 0) is 24.7 Å². The molecule has 2 unspecified atom stereocenters. The molecule has 21 heavy (non-hydrogen) atoms. The van der Waals surface area contributed by atoms with Crippen LogP contribution in [0.4, 0.5) is 0 Å². The summed E-state index contributed by atoms with van der Waals surface area (Å²) < 4.78 is 16.3. The summed E-state index contributed by atoms with van der Waals surface area (Å²) in [4.78, 5) is 18.3. The second kappa shape index (κ2) is 11.6. The Morgan fingerprint density at radius 3 is 1.81 bits per heavy atom. The lowest BCUT2D eigenvalue weighted by Crippen LogP contribution is -2.28. The van der Waals surface area contributed by atoms with Crippen LogP contribution in [0.2, 0.25) is 0 Å². The van der Waals surface area contributed by atoms with E-state index >= 15 is 0 Å². The maximum atomic E-state index is 11.2. The van der Waals surface area contributed by atoms with Gasteiger partial charge in [-0.15, -0.1) is 0 Å². The number of hydrogen-bond acceptors (Lipinski definition) is 2. The fourth-order valence-corrected chi connectivity index (χ4v) is 3.61. The first kappa shape index (κ1) is 21.1. The highest BCUT2D eigenvalue weighted by Crippen LogP contribution is 2.42. The first-order chi connectivity index (χ1) is 9.81. The number of unbranched alkanes of at least 4 members (excludes halogenated alkanes) is 5. The fourth-order valence-electron chi connectivity index (χ4n) is 2.87. The Morgan fingerprint density at radius 2 is 1.38 bits per heavy atom. The van der Waals surface area contributed by atoms with E-state index in [1.807, 2.05) is 13.8 Å². The van der Waals surface area contributed by atoms with Crippen LogP contribution in [0.1, 0.15) is 85.5 Å². The van der Waals surface area contributed by atoms with Crippen LogP contribution in [0.15, 0.2) is 0 Å². The average molecular weight is 322 g/mol. The monoisotopic (exact) mass is 322 g/mol. The molecule has 0 aliphatic rings. The molecule has 5 heteroatoms. The van der Waals surface area contributed by atoms with Gasteiger partial charge in [0.1, 0.15) is 0 Å². The quantitative estimate of drug-likeness (QED) is 0.357. The molecule has 0 radical (unpaired) electrons. The lowest BCUT2D eigenvalue weighted by molar-refractivity contribution is 0.0452. The van der Waals surface area contributed by atoms with Crippen LogP contribution in [0.25, 0.3) is 0 Å². The van der Waals surface area contributed by atoms with Gasteiger partial charge < -0.3 is 9.79 Å². The van der Waals surface area contributed by atoms with Crippen LogP contribution in [0.3, 0.4) is 0 Å². The first-order valence-corrected chi connectivity index (χ1v) is 10.1. The predicted octanol–water partition coefficient (Wildman–Crippen LogP) is 5.29. The Balaban J connectivity index is 4.63. The zero-order valence-corrected chi connectivity index (χ0v) is 15.1. The first-order valence-electron chi connectivity index (χ1n) is 8.55. The highest BCUT2D eigenvalue weighted by Gasteiger charge is 2.31. The predicted molar refractivity (Wildman–Crippen MR) is 88.1 cm³/mol. The highest BCUT2D eigenvalue weighted by molar-refractivity contribution is 7.46. The molecule has 0 fully saturated rings. The van der Waals surface area contributed by atoms with Crippen molar-refractivity contribution in [1.82, 2.24) is 0 Å². The van der Waals surface area contributed by atoms with E-state index in [0.717, 1.165) is 32.1 Å². The minimum absolute atomic E-state index is 0.121. The van der Waals surface area contributed by atoms with E-state index < -0.39 is 7.82 Å². The van der Waals surface area contributed by atoms with Crippen molar-refractivity contribution in [2.45, 2.75) is 91.6 Å². The second-order valence-corrected chi connectivity index (χ2v) is 7.60. The lowest BCUT2D eigenvalue weighted by atomic mass is 9.85. The van der Waals surface area contributed by atoms with Crippen molar-refractivity contribution < 1.29 is 18.9 Å². The van der Waals surface area contributed by atoms with Crippen molar-refractivity contribution in [3.05, 3.63) is 0 Å². The zero-order valence-electron chi connectivity index (χ0n) is 14.3. The lowest BCUT2D eigenvalue weighted by Gasteiger charge is -2.30. The van der Waals surface area contributed by atoms with Crippen molar-refractivity contribution in [1.29, 1.82) is 0 Å². The molecule has 0 heterocycles. The largest absolute Gasteiger partial charge is 0.469 e. The number of phosphoric ester groups is 1. The Hall–Kier alpha value is 0.110. The van der Waals surface area contributed by atoms with Gasteiger partial charge in [0.2, 0.25) is 0 Å². The smallest absolute Gasteiger partial charge is 0.303 e. The van der Waals surface area contributed by atoms with Crippen LogP contribution in [0.5, 0.6) is 0 Å². The van der Waals surface area contributed by atoms with Crippen LogP contribution in [-0.2, 0) is 9.09 Å². The van der Waals surface area contributed by atoms with Crippen LogP contribution in [0, 0.1) is 11.8 Å². The average Bonchev–Trinajstić information content (AvgIpc) is 2.38. The molecule has 0 bridgehead atoms. The van der Waals surface area contributed by atoms with Gasteiger partial charge >= 0.3 is 7.82 Å². The molecule has 2 atom stereocenters. The van der Waals surface area contributed by atoms with Gasteiger partial charge in [-0.2, -0.15) is 0 Å². The summed E-state index contributed by atoms with van der Waals surface area (Å²) in [6.07, 6.45) is 9.86. The van der Waals surface area contributed by atoms with Crippen molar-refractivity contribution in [3.63, 3.8) is 0 Å². The second-order valence-electron chi connectivity index (χ2n) is 6.41. The molecule has 0 aromatic carbocycles. The molecule has 0 rings (SSSR count). The molecule has 0 aromatic rings. The van der Waals surface area contributed by atoms with Gasteiger partial charge in [-0.25, -0.2) is 4.57 Å². The summed E-state index contributed by atoms with van der Waals surface area (Å²) in [6.45, 7) is 8.33. The molecular formula is C16H35O4P. The van der Waals surface area contributed by atoms with Gasteiger partial charge in [-0.1, -0.05) is 72.6 Å². The standard InChI is InChI=1S/C16H35O4P/c1-5-7-9-11-13-15(12-10-8-6-2)16(14(3)4)20-21(17,18)19/h14-16H,5-13H2,1-4H3,(H2,17,18,19). The third kappa shape index (κ3) is 11.3.